The van der Waals surface area contributed by atoms with Crippen LogP contribution in [0.4, 0.5) is 0 Å². The number of rotatable bonds is 14. The lowest BCUT2D eigenvalue weighted by molar-refractivity contribution is -0.162. The molecule has 0 radical (unpaired) electrons. The van der Waals surface area contributed by atoms with E-state index >= 15 is 0 Å². The van der Waals surface area contributed by atoms with Crippen molar-refractivity contribution < 1.29 is 24.2 Å². The summed E-state index contributed by atoms with van der Waals surface area (Å²) in [6, 6.07) is 7.64. The van der Waals surface area contributed by atoms with Crippen molar-refractivity contribution in [2.24, 2.45) is 5.92 Å². The summed E-state index contributed by atoms with van der Waals surface area (Å²) in [5, 5.41) is 9.31. The first-order valence-electron chi connectivity index (χ1n) is 10.1. The van der Waals surface area contributed by atoms with Gasteiger partial charge in [-0.25, -0.2) is 0 Å². The van der Waals surface area contributed by atoms with Crippen LogP contribution in [-0.4, -0.2) is 29.8 Å². The summed E-state index contributed by atoms with van der Waals surface area (Å²) >= 11 is 0. The molecule has 0 aromatic heterocycles. The van der Waals surface area contributed by atoms with Gasteiger partial charge in [-0.1, -0.05) is 51.7 Å². The van der Waals surface area contributed by atoms with E-state index in [0.717, 1.165) is 17.7 Å². The van der Waals surface area contributed by atoms with E-state index in [2.05, 4.69) is 6.92 Å². The maximum absolute atomic E-state index is 12.0. The lowest BCUT2D eigenvalue weighted by atomic mass is 9.99. The number of hydrogen-bond donors (Lipinski definition) is 1. The predicted molar refractivity (Wildman–Crippen MR) is 106 cm³/mol. The third-order valence-electron chi connectivity index (χ3n) is 4.64. The third kappa shape index (κ3) is 9.45. The molecule has 0 amide bonds. The maximum atomic E-state index is 12.0. The Bertz CT molecular complexity index is 552. The van der Waals surface area contributed by atoms with E-state index in [9.17, 15) is 14.7 Å². The van der Waals surface area contributed by atoms with Crippen LogP contribution < -0.4 is 4.74 Å². The van der Waals surface area contributed by atoms with Crippen LogP contribution >= 0.6 is 0 Å². The monoisotopic (exact) mass is 378 g/mol. The topological polar surface area (TPSA) is 72.8 Å². The average Bonchev–Trinajstić information content (AvgIpc) is 2.65. The number of carbonyl (C=O) groups is 2. The summed E-state index contributed by atoms with van der Waals surface area (Å²) in [7, 11) is 0. The molecular formula is C22H34O5. The highest BCUT2D eigenvalue weighted by molar-refractivity contribution is 5.93. The van der Waals surface area contributed by atoms with Gasteiger partial charge in [0.05, 0.1) is 12.7 Å². The van der Waals surface area contributed by atoms with Gasteiger partial charge in [-0.05, 0) is 50.3 Å². The quantitative estimate of drug-likeness (QED) is 0.280. The molecule has 0 heterocycles. The van der Waals surface area contributed by atoms with Crippen molar-refractivity contribution in [3.05, 3.63) is 29.8 Å². The summed E-state index contributed by atoms with van der Waals surface area (Å²) in [5.41, 5.74) is 0.980. The number of carbonyl (C=O) groups excluding carboxylic acids is 1. The van der Waals surface area contributed by atoms with Gasteiger partial charge >= 0.3 is 11.9 Å². The summed E-state index contributed by atoms with van der Waals surface area (Å²) in [6.07, 6.45) is 7.14. The lowest BCUT2D eigenvalue weighted by Gasteiger charge is -2.16. The molecule has 0 aliphatic heterocycles. The summed E-state index contributed by atoms with van der Waals surface area (Å²) in [5.74, 6) is -2.09. The number of unbranched alkanes of at least 4 members (excludes halogenated alkanes) is 4. The fourth-order valence-electron chi connectivity index (χ4n) is 2.66. The van der Waals surface area contributed by atoms with E-state index in [1.54, 1.807) is 6.92 Å². The minimum atomic E-state index is -1.13. The van der Waals surface area contributed by atoms with Crippen molar-refractivity contribution in [2.75, 3.05) is 6.61 Å². The van der Waals surface area contributed by atoms with Gasteiger partial charge in [0.25, 0.3) is 0 Å². The highest BCUT2D eigenvalue weighted by Gasteiger charge is 2.28. The van der Waals surface area contributed by atoms with Gasteiger partial charge in [0, 0.05) is 0 Å². The number of hydrogen-bond acceptors (Lipinski definition) is 4. The Labute approximate surface area is 163 Å². The molecule has 0 aliphatic rings. The van der Waals surface area contributed by atoms with Gasteiger partial charge in [0.1, 0.15) is 5.75 Å². The van der Waals surface area contributed by atoms with Crippen LogP contribution in [0.3, 0.4) is 0 Å². The second-order valence-corrected chi connectivity index (χ2v) is 6.99. The Morgan fingerprint density at radius 3 is 2.30 bits per heavy atom. The standard InChI is InChI=1S/C22H34O5/c1-4-6-7-8-9-16-26-19-13-10-18(11-14-19)12-15-20(21(23)24)22(25)27-17(3)5-2/h10-11,13-14,17,20H,4-9,12,15-16H2,1-3H3,(H,23,24). The first-order valence-corrected chi connectivity index (χ1v) is 10.1. The zero-order chi connectivity index (χ0) is 20.1. The van der Waals surface area contributed by atoms with E-state index < -0.39 is 17.9 Å². The number of aryl methyl sites for hydroxylation is 1. The summed E-state index contributed by atoms with van der Waals surface area (Å²) in [6.45, 7) is 6.57. The molecular weight excluding hydrogens is 344 g/mol. The largest absolute Gasteiger partial charge is 0.494 e. The normalized spacial score (nSPS) is 13.0. The third-order valence-corrected chi connectivity index (χ3v) is 4.64. The minimum Gasteiger partial charge on any atom is -0.494 e. The molecule has 0 saturated heterocycles. The molecule has 0 bridgehead atoms. The zero-order valence-electron chi connectivity index (χ0n) is 16.9. The molecule has 1 aromatic rings. The minimum absolute atomic E-state index is 0.224. The summed E-state index contributed by atoms with van der Waals surface area (Å²) in [4.78, 5) is 23.4. The molecule has 1 rings (SSSR count). The number of esters is 1. The van der Waals surface area contributed by atoms with E-state index in [0.29, 0.717) is 19.4 Å². The second kappa shape index (κ2) is 13.2. The van der Waals surface area contributed by atoms with Crippen LogP contribution in [-0.2, 0) is 20.7 Å². The zero-order valence-corrected chi connectivity index (χ0v) is 16.9. The van der Waals surface area contributed by atoms with E-state index in [-0.39, 0.29) is 12.5 Å². The molecule has 0 aliphatic carbocycles. The van der Waals surface area contributed by atoms with Crippen molar-refractivity contribution in [3.8, 4) is 5.75 Å². The van der Waals surface area contributed by atoms with Crippen LogP contribution in [0.5, 0.6) is 5.75 Å². The SMILES string of the molecule is CCCCCCCOc1ccc(CCC(C(=O)O)C(=O)OC(C)CC)cc1. The van der Waals surface area contributed by atoms with Crippen molar-refractivity contribution in [3.63, 3.8) is 0 Å². The predicted octanol–water partition coefficient (Wildman–Crippen LogP) is 5.01. The van der Waals surface area contributed by atoms with Gasteiger partial charge in [0.2, 0.25) is 0 Å². The van der Waals surface area contributed by atoms with Crippen molar-refractivity contribution >= 4 is 11.9 Å². The Morgan fingerprint density at radius 2 is 1.70 bits per heavy atom. The molecule has 5 heteroatoms. The smallest absolute Gasteiger partial charge is 0.320 e. The Kier molecular flexibility index (Phi) is 11.2. The van der Waals surface area contributed by atoms with Crippen LogP contribution in [0.1, 0.15) is 71.3 Å². The van der Waals surface area contributed by atoms with E-state index in [1.807, 2.05) is 31.2 Å². The molecule has 1 aromatic carbocycles. The summed E-state index contributed by atoms with van der Waals surface area (Å²) < 4.78 is 10.9. The number of ether oxygens (including phenoxy) is 2. The molecule has 152 valence electrons. The highest BCUT2D eigenvalue weighted by Crippen LogP contribution is 2.17. The number of carboxylic acids is 1. The van der Waals surface area contributed by atoms with Crippen molar-refractivity contribution in [1.29, 1.82) is 0 Å². The molecule has 1 N–H and O–H groups in total. The van der Waals surface area contributed by atoms with E-state index in [4.69, 9.17) is 9.47 Å². The van der Waals surface area contributed by atoms with E-state index in [1.165, 1.54) is 25.7 Å². The van der Waals surface area contributed by atoms with Crippen LogP contribution in [0, 0.1) is 5.92 Å². The Hall–Kier alpha value is -2.04. The van der Waals surface area contributed by atoms with Crippen LogP contribution in [0.25, 0.3) is 0 Å². The molecule has 0 saturated carbocycles. The van der Waals surface area contributed by atoms with Gasteiger partial charge in [-0.3, -0.25) is 9.59 Å². The van der Waals surface area contributed by atoms with Crippen LogP contribution in [0.15, 0.2) is 24.3 Å². The highest BCUT2D eigenvalue weighted by atomic mass is 16.5. The van der Waals surface area contributed by atoms with Crippen molar-refractivity contribution in [1.82, 2.24) is 0 Å². The van der Waals surface area contributed by atoms with Gasteiger partial charge < -0.3 is 14.6 Å². The molecule has 2 atom stereocenters. The first-order chi connectivity index (χ1) is 13.0. The average molecular weight is 379 g/mol. The van der Waals surface area contributed by atoms with Gasteiger partial charge in [-0.2, -0.15) is 0 Å². The number of aliphatic carboxylic acids is 1. The molecule has 0 fully saturated rings. The fourth-order valence-corrected chi connectivity index (χ4v) is 2.66. The molecule has 0 spiro atoms. The maximum Gasteiger partial charge on any atom is 0.320 e. The second-order valence-electron chi connectivity index (χ2n) is 6.99. The van der Waals surface area contributed by atoms with Crippen LogP contribution in [0.2, 0.25) is 0 Å². The molecule has 27 heavy (non-hydrogen) atoms. The number of carboxylic acid groups (broad SMARTS) is 1. The lowest BCUT2D eigenvalue weighted by Crippen LogP contribution is -2.29. The van der Waals surface area contributed by atoms with Crippen molar-refractivity contribution in [2.45, 2.75) is 78.2 Å². The number of benzene rings is 1. The molecule has 5 nitrogen and oxygen atoms in total. The molecule has 2 unspecified atom stereocenters. The fraction of sp³-hybridized carbons (Fsp3) is 0.636. The Morgan fingerprint density at radius 1 is 1.04 bits per heavy atom. The Balaban J connectivity index is 2.42. The van der Waals surface area contributed by atoms with Gasteiger partial charge in [0.15, 0.2) is 5.92 Å². The first kappa shape index (κ1) is 23.0. The van der Waals surface area contributed by atoms with Gasteiger partial charge in [-0.15, -0.1) is 0 Å².